The molecule has 1 nitrogen and oxygen atoms in total. The van der Waals surface area contributed by atoms with E-state index >= 15 is 0 Å². The Kier molecular flexibility index (Phi) is 2.87. The van der Waals surface area contributed by atoms with Gasteiger partial charge in [-0.3, -0.25) is 0 Å². The van der Waals surface area contributed by atoms with Gasteiger partial charge < -0.3 is 4.79 Å². The molecule has 0 spiro atoms. The van der Waals surface area contributed by atoms with Crippen molar-refractivity contribution in [1.82, 2.24) is 0 Å². The van der Waals surface area contributed by atoms with Crippen LogP contribution in [0.25, 0.3) is 0 Å². The standard InChI is InChI=1S/C12H13ClO/c13-12-8-9(3-2-6-14)7-10-4-1-5-11(10)12/h6-8H,1-5H2. The van der Waals surface area contributed by atoms with Crippen LogP contribution in [0, 0.1) is 0 Å². The van der Waals surface area contributed by atoms with Gasteiger partial charge >= 0.3 is 0 Å². The predicted molar refractivity (Wildman–Crippen MR) is 57.9 cm³/mol. The van der Waals surface area contributed by atoms with E-state index in [9.17, 15) is 4.79 Å². The second-order valence-electron chi connectivity index (χ2n) is 3.77. The van der Waals surface area contributed by atoms with Crippen LogP contribution in [0.5, 0.6) is 0 Å². The van der Waals surface area contributed by atoms with E-state index in [-0.39, 0.29) is 0 Å². The maximum atomic E-state index is 10.3. The molecule has 0 fully saturated rings. The summed E-state index contributed by atoms with van der Waals surface area (Å²) in [5.41, 5.74) is 3.91. The number of benzene rings is 1. The van der Waals surface area contributed by atoms with Crippen molar-refractivity contribution in [3.05, 3.63) is 33.8 Å². The summed E-state index contributed by atoms with van der Waals surface area (Å²) >= 11 is 6.17. The minimum atomic E-state index is 0.592. The first-order chi connectivity index (χ1) is 6.81. The van der Waals surface area contributed by atoms with Crippen LogP contribution in [-0.2, 0) is 24.1 Å². The Bertz CT molecular complexity index is 358. The van der Waals surface area contributed by atoms with Gasteiger partial charge in [-0.15, -0.1) is 0 Å². The molecule has 14 heavy (non-hydrogen) atoms. The highest BCUT2D eigenvalue weighted by molar-refractivity contribution is 6.31. The molecule has 2 rings (SSSR count). The first-order valence-corrected chi connectivity index (χ1v) is 5.43. The number of rotatable bonds is 3. The van der Waals surface area contributed by atoms with Crippen molar-refractivity contribution in [2.24, 2.45) is 0 Å². The zero-order chi connectivity index (χ0) is 9.97. The molecule has 0 aromatic heterocycles. The van der Waals surface area contributed by atoms with E-state index in [4.69, 9.17) is 11.6 Å². The Morgan fingerprint density at radius 1 is 1.36 bits per heavy atom. The van der Waals surface area contributed by atoms with Gasteiger partial charge in [0.25, 0.3) is 0 Å². The molecule has 1 aromatic carbocycles. The zero-order valence-electron chi connectivity index (χ0n) is 8.05. The molecule has 1 aromatic rings. The maximum Gasteiger partial charge on any atom is 0.120 e. The van der Waals surface area contributed by atoms with Crippen LogP contribution in [0.15, 0.2) is 12.1 Å². The summed E-state index contributed by atoms with van der Waals surface area (Å²) in [7, 11) is 0. The van der Waals surface area contributed by atoms with Crippen LogP contribution < -0.4 is 0 Å². The highest BCUT2D eigenvalue weighted by Gasteiger charge is 2.14. The number of aryl methyl sites for hydroxylation is 2. The molecule has 0 N–H and O–H groups in total. The van der Waals surface area contributed by atoms with E-state index in [1.807, 2.05) is 6.07 Å². The van der Waals surface area contributed by atoms with Crippen LogP contribution >= 0.6 is 11.6 Å². The van der Waals surface area contributed by atoms with Crippen molar-refractivity contribution in [1.29, 1.82) is 0 Å². The molecule has 1 aliphatic rings. The van der Waals surface area contributed by atoms with Gasteiger partial charge in [0.05, 0.1) is 0 Å². The fraction of sp³-hybridized carbons (Fsp3) is 0.417. The van der Waals surface area contributed by atoms with E-state index in [1.165, 1.54) is 23.1 Å². The fourth-order valence-electron chi connectivity index (χ4n) is 2.08. The maximum absolute atomic E-state index is 10.3. The van der Waals surface area contributed by atoms with Crippen LogP contribution in [-0.4, -0.2) is 6.29 Å². The van der Waals surface area contributed by atoms with Crippen molar-refractivity contribution in [3.8, 4) is 0 Å². The Hall–Kier alpha value is -0.820. The lowest BCUT2D eigenvalue weighted by molar-refractivity contribution is -0.107. The second-order valence-corrected chi connectivity index (χ2v) is 4.18. The van der Waals surface area contributed by atoms with E-state index in [0.717, 1.165) is 30.6 Å². The molecular formula is C12H13ClO. The van der Waals surface area contributed by atoms with Gasteiger partial charge in [-0.25, -0.2) is 0 Å². The highest BCUT2D eigenvalue weighted by Crippen LogP contribution is 2.30. The Morgan fingerprint density at radius 2 is 2.21 bits per heavy atom. The second kappa shape index (κ2) is 4.14. The average Bonchev–Trinajstić information content (AvgIpc) is 2.63. The summed E-state index contributed by atoms with van der Waals surface area (Å²) in [6, 6.07) is 4.22. The smallest absolute Gasteiger partial charge is 0.120 e. The van der Waals surface area contributed by atoms with Gasteiger partial charge in [0, 0.05) is 11.4 Å². The SMILES string of the molecule is O=CCCc1cc(Cl)c2c(c1)CCC2. The van der Waals surface area contributed by atoms with Gasteiger partial charge in [0.2, 0.25) is 0 Å². The molecule has 1 aliphatic carbocycles. The van der Waals surface area contributed by atoms with Crippen LogP contribution in [0.1, 0.15) is 29.5 Å². The Labute approximate surface area is 89.1 Å². The molecule has 0 heterocycles. The third-order valence-corrected chi connectivity index (χ3v) is 3.11. The molecule has 0 bridgehead atoms. The number of carbonyl (C=O) groups excluding carboxylic acids is 1. The third kappa shape index (κ3) is 1.83. The number of halogens is 1. The van der Waals surface area contributed by atoms with E-state index in [0.29, 0.717) is 6.42 Å². The summed E-state index contributed by atoms with van der Waals surface area (Å²) in [6.07, 6.45) is 5.84. The largest absolute Gasteiger partial charge is 0.303 e. The lowest BCUT2D eigenvalue weighted by Crippen LogP contribution is -1.91. The number of aldehydes is 1. The molecule has 0 saturated carbocycles. The number of hydrogen-bond acceptors (Lipinski definition) is 1. The molecule has 0 amide bonds. The Morgan fingerprint density at radius 3 is 3.00 bits per heavy atom. The van der Waals surface area contributed by atoms with Gasteiger partial charge in [-0.05, 0) is 48.4 Å². The van der Waals surface area contributed by atoms with E-state index < -0.39 is 0 Å². The minimum Gasteiger partial charge on any atom is -0.303 e. The third-order valence-electron chi connectivity index (χ3n) is 2.77. The monoisotopic (exact) mass is 208 g/mol. The van der Waals surface area contributed by atoms with Crippen molar-refractivity contribution in [3.63, 3.8) is 0 Å². The average molecular weight is 209 g/mol. The van der Waals surface area contributed by atoms with Gasteiger partial charge in [-0.1, -0.05) is 17.7 Å². The van der Waals surface area contributed by atoms with Crippen LogP contribution in [0.4, 0.5) is 0 Å². The summed E-state index contributed by atoms with van der Waals surface area (Å²) in [5, 5.41) is 0.890. The molecule has 74 valence electrons. The van der Waals surface area contributed by atoms with Crippen molar-refractivity contribution in [2.75, 3.05) is 0 Å². The first kappa shape index (κ1) is 9.72. The van der Waals surface area contributed by atoms with Crippen molar-refractivity contribution >= 4 is 17.9 Å². The predicted octanol–water partition coefficient (Wildman–Crippen LogP) is 2.96. The summed E-state index contributed by atoms with van der Waals surface area (Å²) in [4.78, 5) is 10.3. The summed E-state index contributed by atoms with van der Waals surface area (Å²) in [6.45, 7) is 0. The fourth-order valence-corrected chi connectivity index (χ4v) is 2.44. The molecule has 0 radical (unpaired) electrons. The minimum absolute atomic E-state index is 0.592. The lowest BCUT2D eigenvalue weighted by atomic mass is 10.0. The van der Waals surface area contributed by atoms with Crippen molar-refractivity contribution in [2.45, 2.75) is 32.1 Å². The quantitative estimate of drug-likeness (QED) is 0.698. The molecule has 0 aliphatic heterocycles. The van der Waals surface area contributed by atoms with Crippen LogP contribution in [0.3, 0.4) is 0 Å². The molecular weight excluding hydrogens is 196 g/mol. The first-order valence-electron chi connectivity index (χ1n) is 5.05. The number of hydrogen-bond donors (Lipinski definition) is 0. The van der Waals surface area contributed by atoms with Gasteiger partial charge in [0.1, 0.15) is 6.29 Å². The van der Waals surface area contributed by atoms with Crippen molar-refractivity contribution < 1.29 is 4.79 Å². The highest BCUT2D eigenvalue weighted by atomic mass is 35.5. The normalized spacial score (nSPS) is 14.1. The Balaban J connectivity index is 2.27. The number of fused-ring (bicyclic) bond motifs is 1. The van der Waals surface area contributed by atoms with Gasteiger partial charge in [0.15, 0.2) is 0 Å². The van der Waals surface area contributed by atoms with E-state index in [2.05, 4.69) is 6.07 Å². The molecule has 0 atom stereocenters. The molecule has 0 saturated heterocycles. The van der Waals surface area contributed by atoms with Crippen LogP contribution in [0.2, 0.25) is 5.02 Å². The zero-order valence-corrected chi connectivity index (χ0v) is 8.81. The van der Waals surface area contributed by atoms with Gasteiger partial charge in [-0.2, -0.15) is 0 Å². The summed E-state index contributed by atoms with van der Waals surface area (Å²) in [5.74, 6) is 0. The topological polar surface area (TPSA) is 17.1 Å². The lowest BCUT2D eigenvalue weighted by Gasteiger charge is -2.05. The van der Waals surface area contributed by atoms with E-state index in [1.54, 1.807) is 0 Å². The summed E-state index contributed by atoms with van der Waals surface area (Å²) < 4.78 is 0. The molecule has 2 heteroatoms. The number of carbonyl (C=O) groups is 1. The molecule has 0 unspecified atom stereocenters.